The molecule has 2 amide bonds. The third kappa shape index (κ3) is 2.88. The maximum absolute atomic E-state index is 13.8. The molecule has 4 atom stereocenters. The molecule has 24 heavy (non-hydrogen) atoms. The summed E-state index contributed by atoms with van der Waals surface area (Å²) in [5.74, 6) is -1.13. The summed E-state index contributed by atoms with van der Waals surface area (Å²) in [6, 6.07) is 4.62. The highest BCUT2D eigenvalue weighted by atomic mass is 19.1. The lowest BCUT2D eigenvalue weighted by Crippen LogP contribution is -2.45. The summed E-state index contributed by atoms with van der Waals surface area (Å²) >= 11 is 0. The Bertz CT molecular complexity index is 653. The average molecular weight is 335 g/mol. The van der Waals surface area contributed by atoms with Crippen LogP contribution < -0.4 is 5.32 Å². The van der Waals surface area contributed by atoms with Crippen molar-refractivity contribution >= 4 is 6.03 Å². The lowest BCUT2D eigenvalue weighted by atomic mass is 10.1. The van der Waals surface area contributed by atoms with E-state index in [1.54, 1.807) is 0 Å². The van der Waals surface area contributed by atoms with Crippen LogP contribution in [0, 0.1) is 11.6 Å². The summed E-state index contributed by atoms with van der Waals surface area (Å²) in [5.41, 5.74) is 0.497. The maximum atomic E-state index is 13.8. The smallest absolute Gasteiger partial charge is 0.317 e. The number of hydrogen-bond acceptors (Lipinski definition) is 2. The molecule has 6 heteroatoms. The van der Waals surface area contributed by atoms with E-state index in [9.17, 15) is 13.6 Å². The van der Waals surface area contributed by atoms with Gasteiger partial charge in [-0.25, -0.2) is 13.6 Å². The first-order valence-corrected chi connectivity index (χ1v) is 8.75. The van der Waals surface area contributed by atoms with Crippen molar-refractivity contribution in [1.82, 2.24) is 15.1 Å². The molecule has 0 radical (unpaired) electrons. The van der Waals surface area contributed by atoms with Gasteiger partial charge < -0.3 is 10.2 Å². The van der Waals surface area contributed by atoms with E-state index < -0.39 is 11.6 Å². The minimum atomic E-state index is -0.568. The first-order valence-electron chi connectivity index (χ1n) is 8.75. The number of rotatable bonds is 2. The highest BCUT2D eigenvalue weighted by molar-refractivity contribution is 5.75. The zero-order valence-electron chi connectivity index (χ0n) is 13.8. The number of fused-ring (bicyclic) bond motifs is 2. The van der Waals surface area contributed by atoms with Crippen molar-refractivity contribution in [2.75, 3.05) is 20.1 Å². The van der Waals surface area contributed by atoms with E-state index in [0.717, 1.165) is 32.0 Å². The second kappa shape index (κ2) is 5.99. The van der Waals surface area contributed by atoms with Crippen LogP contribution in [0.5, 0.6) is 0 Å². The molecule has 3 fully saturated rings. The van der Waals surface area contributed by atoms with E-state index >= 15 is 0 Å². The van der Waals surface area contributed by atoms with Crippen LogP contribution >= 0.6 is 0 Å². The molecular weight excluding hydrogens is 312 g/mol. The van der Waals surface area contributed by atoms with Crippen LogP contribution in [0.2, 0.25) is 0 Å². The van der Waals surface area contributed by atoms with Gasteiger partial charge in [-0.3, -0.25) is 4.90 Å². The summed E-state index contributed by atoms with van der Waals surface area (Å²) in [5, 5.41) is 3.02. The Labute approximate surface area is 140 Å². The van der Waals surface area contributed by atoms with Gasteiger partial charge in [-0.05, 0) is 44.4 Å². The molecule has 1 N–H and O–H groups in total. The molecule has 130 valence electrons. The van der Waals surface area contributed by atoms with E-state index in [2.05, 4.69) is 17.3 Å². The Morgan fingerprint density at radius 2 is 2.00 bits per heavy atom. The predicted octanol–water partition coefficient (Wildman–Crippen LogP) is 2.70. The van der Waals surface area contributed by atoms with Crippen molar-refractivity contribution in [3.05, 3.63) is 35.4 Å². The SMILES string of the molecule is CN1C2CCC1CN(C(=O)NC1CC1c1ccc(F)cc1F)CC2. The Hall–Kier alpha value is -1.69. The fourth-order valence-electron chi connectivity index (χ4n) is 4.24. The first-order chi connectivity index (χ1) is 11.5. The van der Waals surface area contributed by atoms with Crippen molar-refractivity contribution in [2.45, 2.75) is 49.7 Å². The van der Waals surface area contributed by atoms with Crippen molar-refractivity contribution in [1.29, 1.82) is 0 Å². The predicted molar refractivity (Wildman–Crippen MR) is 86.8 cm³/mol. The highest BCUT2D eigenvalue weighted by Crippen LogP contribution is 2.42. The van der Waals surface area contributed by atoms with E-state index in [0.29, 0.717) is 24.1 Å². The Morgan fingerprint density at radius 1 is 1.21 bits per heavy atom. The third-order valence-corrected chi connectivity index (χ3v) is 5.90. The molecule has 1 saturated carbocycles. The number of amides is 2. The molecule has 0 spiro atoms. The molecule has 2 heterocycles. The number of likely N-dealkylation sites (tertiary alicyclic amines) is 1. The molecule has 3 aliphatic rings. The number of nitrogens with zero attached hydrogens (tertiary/aromatic N) is 2. The summed E-state index contributed by atoms with van der Waals surface area (Å²) in [6.07, 6.45) is 4.11. The average Bonchev–Trinajstić information content (AvgIpc) is 3.19. The molecule has 2 saturated heterocycles. The first kappa shape index (κ1) is 15.8. The van der Waals surface area contributed by atoms with Crippen LogP contribution in [0.15, 0.2) is 18.2 Å². The van der Waals surface area contributed by atoms with E-state index in [1.165, 1.54) is 18.6 Å². The molecule has 4 rings (SSSR count). The summed E-state index contributed by atoms with van der Waals surface area (Å²) < 4.78 is 26.8. The number of halogens is 2. The molecule has 2 bridgehead atoms. The number of carbonyl (C=O) groups is 1. The monoisotopic (exact) mass is 335 g/mol. The second-order valence-electron chi connectivity index (χ2n) is 7.35. The van der Waals surface area contributed by atoms with Crippen LogP contribution in [0.25, 0.3) is 0 Å². The van der Waals surface area contributed by atoms with Crippen molar-refractivity contribution in [3.8, 4) is 0 Å². The van der Waals surface area contributed by atoms with Gasteiger partial charge in [0.15, 0.2) is 0 Å². The largest absolute Gasteiger partial charge is 0.335 e. The fourth-order valence-corrected chi connectivity index (χ4v) is 4.24. The number of benzene rings is 1. The van der Waals surface area contributed by atoms with Gasteiger partial charge >= 0.3 is 6.03 Å². The fraction of sp³-hybridized carbons (Fsp3) is 0.611. The van der Waals surface area contributed by atoms with Crippen LogP contribution in [0.1, 0.15) is 37.2 Å². The molecule has 1 aliphatic carbocycles. The third-order valence-electron chi connectivity index (χ3n) is 5.90. The number of nitrogens with one attached hydrogen (secondary N) is 1. The van der Waals surface area contributed by atoms with E-state index in [1.807, 2.05) is 4.90 Å². The quantitative estimate of drug-likeness (QED) is 0.902. The van der Waals surface area contributed by atoms with Crippen molar-refractivity contribution < 1.29 is 13.6 Å². The van der Waals surface area contributed by atoms with Crippen LogP contribution in [-0.2, 0) is 0 Å². The summed E-state index contributed by atoms with van der Waals surface area (Å²) in [7, 11) is 2.15. The normalized spacial score (nSPS) is 32.5. The zero-order valence-corrected chi connectivity index (χ0v) is 13.8. The lowest BCUT2D eigenvalue weighted by Gasteiger charge is -2.26. The van der Waals surface area contributed by atoms with E-state index in [4.69, 9.17) is 0 Å². The number of hydrogen-bond donors (Lipinski definition) is 1. The standard InChI is InChI=1S/C18H23F2N3O/c1-22-12-3-4-13(22)10-23(7-6-12)18(24)21-17-9-15(17)14-5-2-11(19)8-16(14)20/h2,5,8,12-13,15,17H,3-4,6-7,9-10H2,1H3,(H,21,24). The van der Waals surface area contributed by atoms with Gasteiger partial charge in [0.05, 0.1) is 0 Å². The number of urea groups is 1. The number of carbonyl (C=O) groups excluding carboxylic acids is 1. The van der Waals surface area contributed by atoms with Crippen molar-refractivity contribution in [2.24, 2.45) is 0 Å². The molecule has 0 aromatic heterocycles. The van der Waals surface area contributed by atoms with Gasteiger partial charge in [0, 0.05) is 43.2 Å². The van der Waals surface area contributed by atoms with Gasteiger partial charge in [-0.15, -0.1) is 0 Å². The van der Waals surface area contributed by atoms with Gasteiger partial charge in [0.25, 0.3) is 0 Å². The molecule has 1 aromatic carbocycles. The van der Waals surface area contributed by atoms with Gasteiger partial charge in [0.1, 0.15) is 11.6 Å². The highest BCUT2D eigenvalue weighted by Gasteiger charge is 2.43. The minimum absolute atomic E-state index is 0.0411. The number of likely N-dealkylation sites (N-methyl/N-ethyl adjacent to an activating group) is 1. The van der Waals surface area contributed by atoms with Crippen LogP contribution in [0.3, 0.4) is 0 Å². The molecule has 1 aromatic rings. The van der Waals surface area contributed by atoms with Gasteiger partial charge in [0.2, 0.25) is 0 Å². The molecule has 4 unspecified atom stereocenters. The van der Waals surface area contributed by atoms with Crippen molar-refractivity contribution in [3.63, 3.8) is 0 Å². The van der Waals surface area contributed by atoms with Crippen LogP contribution in [-0.4, -0.2) is 54.1 Å². The maximum Gasteiger partial charge on any atom is 0.317 e. The van der Waals surface area contributed by atoms with E-state index in [-0.39, 0.29) is 18.0 Å². The lowest BCUT2D eigenvalue weighted by molar-refractivity contribution is 0.187. The summed E-state index contributed by atoms with van der Waals surface area (Å²) in [4.78, 5) is 16.8. The Kier molecular flexibility index (Phi) is 3.95. The second-order valence-corrected chi connectivity index (χ2v) is 7.35. The minimum Gasteiger partial charge on any atom is -0.335 e. The van der Waals surface area contributed by atoms with Gasteiger partial charge in [-0.1, -0.05) is 6.07 Å². The molecule has 4 nitrogen and oxygen atoms in total. The van der Waals surface area contributed by atoms with Crippen LogP contribution in [0.4, 0.5) is 13.6 Å². The van der Waals surface area contributed by atoms with Gasteiger partial charge in [-0.2, -0.15) is 0 Å². The topological polar surface area (TPSA) is 35.6 Å². The summed E-state index contributed by atoms with van der Waals surface area (Å²) in [6.45, 7) is 1.54. The Morgan fingerprint density at radius 3 is 2.79 bits per heavy atom. The Balaban J connectivity index is 1.36. The molecular formula is C18H23F2N3O. The molecule has 2 aliphatic heterocycles. The zero-order chi connectivity index (χ0) is 16.8.